The van der Waals surface area contributed by atoms with Crippen molar-refractivity contribution in [1.29, 1.82) is 0 Å². The summed E-state index contributed by atoms with van der Waals surface area (Å²) in [7, 11) is 3.53. The highest BCUT2D eigenvalue weighted by Gasteiger charge is 2.60. The Bertz CT molecular complexity index is 2220. The number of fused-ring (bicyclic) bond motifs is 1. The Hall–Kier alpha value is -4.60. The third-order valence-corrected chi connectivity index (χ3v) is 15.2. The van der Waals surface area contributed by atoms with Crippen LogP contribution in [0.25, 0.3) is 10.6 Å². The highest BCUT2D eigenvalue weighted by Crippen LogP contribution is 2.44. The van der Waals surface area contributed by atoms with E-state index >= 15 is 0 Å². The van der Waals surface area contributed by atoms with Gasteiger partial charge in [0.2, 0.25) is 5.13 Å². The Morgan fingerprint density at radius 3 is 2.48 bits per heavy atom. The molecule has 1 unspecified atom stereocenters. The summed E-state index contributed by atoms with van der Waals surface area (Å²) in [4.78, 5) is 50.7. The molecule has 2 bridgehead atoms. The normalized spacial score (nSPS) is 34.0. The van der Waals surface area contributed by atoms with Crippen LogP contribution >= 0.6 is 11.3 Å². The molecule has 1 amide bonds. The van der Waals surface area contributed by atoms with Crippen LogP contribution in [0.1, 0.15) is 86.8 Å². The molecule has 2 aromatic heterocycles. The number of nitrogen functional groups attached to an aromatic ring is 1. The average molecular weight is 952 g/mol. The van der Waals surface area contributed by atoms with Gasteiger partial charge >= 0.3 is 12.1 Å². The van der Waals surface area contributed by atoms with Gasteiger partial charge in [0.25, 0.3) is 0 Å². The zero-order valence-electron chi connectivity index (χ0n) is 40.5. The summed E-state index contributed by atoms with van der Waals surface area (Å²) in [6, 6.07) is 6.83. The number of benzene rings is 1. The number of amides is 1. The van der Waals surface area contributed by atoms with Gasteiger partial charge in [0.1, 0.15) is 28.9 Å². The zero-order chi connectivity index (χ0) is 48.4. The highest BCUT2D eigenvalue weighted by atomic mass is 32.1. The van der Waals surface area contributed by atoms with Crippen LogP contribution in [0.3, 0.4) is 0 Å². The second-order valence-corrected chi connectivity index (χ2v) is 20.2. The number of likely N-dealkylation sites (N-methyl/N-ethyl adjacent to an activating group) is 1. The molecule has 3 fully saturated rings. The number of carbonyl (C=O) groups excluding carboxylic acids is 3. The van der Waals surface area contributed by atoms with Crippen molar-refractivity contribution >= 4 is 40.0 Å². The van der Waals surface area contributed by atoms with Crippen molar-refractivity contribution < 1.29 is 47.9 Å². The molecule has 13 atom stereocenters. The number of anilines is 1. The second kappa shape index (κ2) is 21.0. The quantitative estimate of drug-likeness (QED) is 0.125. The smallest absolute Gasteiger partial charge is 0.410 e. The molecular formula is C47H69N9O10S. The van der Waals surface area contributed by atoms with E-state index < -0.39 is 71.5 Å². The Kier molecular flexibility index (Phi) is 15.7. The van der Waals surface area contributed by atoms with Crippen molar-refractivity contribution in [1.82, 2.24) is 35.0 Å². The molecule has 4 aliphatic heterocycles. The Morgan fingerprint density at radius 1 is 1.04 bits per heavy atom. The monoisotopic (exact) mass is 951 g/mol. The van der Waals surface area contributed by atoms with E-state index in [1.807, 2.05) is 72.1 Å². The van der Waals surface area contributed by atoms with Crippen LogP contribution in [0.15, 0.2) is 35.5 Å². The first-order valence-corrected chi connectivity index (χ1v) is 24.4. The molecular weight excluding hydrogens is 883 g/mol. The summed E-state index contributed by atoms with van der Waals surface area (Å²) >= 11 is 1.33. The predicted molar refractivity (Wildman–Crippen MR) is 249 cm³/mol. The molecule has 6 heterocycles. The number of methoxy groups -OCH3 is 1. The van der Waals surface area contributed by atoms with E-state index in [4.69, 9.17) is 39.1 Å². The van der Waals surface area contributed by atoms with Gasteiger partial charge in [0, 0.05) is 74.9 Å². The molecule has 1 aromatic carbocycles. The lowest BCUT2D eigenvalue weighted by atomic mass is 9.73. The number of Topliss-reactive ketones (excluding diaryl/α,β-unsaturated/α-hetero) is 1. The molecule has 3 N–H and O–H groups in total. The molecule has 3 saturated heterocycles. The molecule has 0 radical (unpaired) electrons. The minimum Gasteiger partial charge on any atom is -0.494 e. The number of carbonyl (C=O) groups is 3. The maximum Gasteiger partial charge on any atom is 0.410 e. The van der Waals surface area contributed by atoms with Crippen molar-refractivity contribution in [2.45, 2.75) is 148 Å². The van der Waals surface area contributed by atoms with E-state index in [0.717, 1.165) is 34.1 Å². The van der Waals surface area contributed by atoms with Gasteiger partial charge in [-0.15, -0.1) is 15.3 Å². The van der Waals surface area contributed by atoms with Gasteiger partial charge in [-0.3, -0.25) is 24.2 Å². The summed E-state index contributed by atoms with van der Waals surface area (Å²) in [6.45, 7) is 17.3. The third kappa shape index (κ3) is 10.7. The van der Waals surface area contributed by atoms with Crippen LogP contribution in [0.4, 0.5) is 9.93 Å². The van der Waals surface area contributed by atoms with Gasteiger partial charge in [0.05, 0.1) is 42.7 Å². The minimum atomic E-state index is -1.18. The van der Waals surface area contributed by atoms with Crippen LogP contribution in [0.2, 0.25) is 0 Å². The molecule has 19 nitrogen and oxygen atoms in total. The van der Waals surface area contributed by atoms with Crippen LogP contribution in [0, 0.1) is 23.7 Å². The number of ketones is 1. The number of hydrogen-bond acceptors (Lipinski definition) is 18. The molecule has 368 valence electrons. The van der Waals surface area contributed by atoms with Crippen LogP contribution < -0.4 is 10.5 Å². The number of aliphatic imine (C=N–C) groups is 1. The molecule has 20 heteroatoms. The number of aliphatic hydroxyl groups is 1. The maximum absolute atomic E-state index is 14.5. The number of hydrogen-bond donors (Lipinski definition) is 2. The summed E-state index contributed by atoms with van der Waals surface area (Å²) < 4.78 is 39.6. The molecule has 0 saturated carbocycles. The minimum absolute atomic E-state index is 0.199. The molecule has 0 aliphatic carbocycles. The standard InChI is InChI=1S/C47H69N9O10S/c1-11-35-47(8)39-28(4)36(49-18-21-56(39)45(60)66-47)26(2)24-46(7,61-10)40(29(5)37(57)30(6)42(59)64-35)65-43-38(58)34(23-27(3)63-43)54(9)20-17-32-25-55(53-50-32)19-12-22-62-33-15-13-31(14-16-33)41-51-52-44(48)67-41/h13-16,25-30,34-35,38-40,43,58H,11-12,17-24H2,1-10H3,(H2,48,52)/t26-,27-,28+,29+,30-,34+,35-,38-,39?,40-,43+,46-,47-/m1/s1. The van der Waals surface area contributed by atoms with Crippen molar-refractivity contribution in [3.05, 3.63) is 36.2 Å². The van der Waals surface area contributed by atoms with E-state index in [-0.39, 0.29) is 24.0 Å². The predicted octanol–water partition coefficient (Wildman–Crippen LogP) is 4.85. The van der Waals surface area contributed by atoms with E-state index in [0.29, 0.717) is 63.6 Å². The van der Waals surface area contributed by atoms with Gasteiger partial charge in [-0.1, -0.05) is 44.2 Å². The summed E-state index contributed by atoms with van der Waals surface area (Å²) in [5.41, 5.74) is 6.01. The summed E-state index contributed by atoms with van der Waals surface area (Å²) in [6.07, 6.45) is -0.293. The topological polar surface area (TPSA) is 228 Å². The van der Waals surface area contributed by atoms with E-state index in [1.54, 1.807) is 23.6 Å². The lowest BCUT2D eigenvalue weighted by Gasteiger charge is -2.47. The Morgan fingerprint density at radius 2 is 1.79 bits per heavy atom. The number of nitrogens with two attached hydrogens (primary N) is 1. The number of aryl methyl sites for hydroxylation is 1. The van der Waals surface area contributed by atoms with Crippen molar-refractivity contribution in [2.24, 2.45) is 28.7 Å². The van der Waals surface area contributed by atoms with Crippen LogP contribution in [0.5, 0.6) is 5.75 Å². The van der Waals surface area contributed by atoms with Gasteiger partial charge in [-0.25, -0.2) is 4.79 Å². The van der Waals surface area contributed by atoms with E-state index in [1.165, 1.54) is 18.3 Å². The number of aromatic nitrogens is 5. The lowest BCUT2D eigenvalue weighted by molar-refractivity contribution is -0.295. The van der Waals surface area contributed by atoms with Gasteiger partial charge in [-0.2, -0.15) is 0 Å². The first-order valence-electron chi connectivity index (χ1n) is 23.6. The fraction of sp³-hybridized carbons (Fsp3) is 0.702. The largest absolute Gasteiger partial charge is 0.494 e. The van der Waals surface area contributed by atoms with Gasteiger partial charge < -0.3 is 44.2 Å². The number of nitrogens with zero attached hydrogens (tertiary/aromatic N) is 8. The third-order valence-electron chi connectivity index (χ3n) is 14.4. The number of aliphatic hydroxyl groups excluding tert-OH is 1. The number of ether oxygens (including phenoxy) is 6. The van der Waals surface area contributed by atoms with Gasteiger partial charge in [-0.05, 0) is 84.2 Å². The SMILES string of the molecule is CC[C@H]1OC(=O)[C@H](C)C(=O)[C@H](C)[C@@H](O[C@@H]2O[C@H](C)C[C@H](N(C)CCc3cn(CCCOc4ccc(-c5nnc(N)s5)cc4)nn3)[C@H]2O)[C@](C)(OC)C[C@@H](C)C2=NCCN3C(=O)O[C@@]1(C)C3[C@H]2C. The summed E-state index contributed by atoms with van der Waals surface area (Å²) in [5, 5.41) is 30.0. The summed E-state index contributed by atoms with van der Waals surface area (Å²) in [5.74, 6) is -2.93. The van der Waals surface area contributed by atoms with E-state index in [2.05, 4.69) is 32.3 Å². The van der Waals surface area contributed by atoms with Crippen molar-refractivity contribution in [3.8, 4) is 16.3 Å². The fourth-order valence-corrected chi connectivity index (χ4v) is 11.3. The first kappa shape index (κ1) is 50.3. The van der Waals surface area contributed by atoms with Crippen molar-refractivity contribution in [2.75, 3.05) is 46.1 Å². The Labute approximate surface area is 397 Å². The number of cyclic esters (lactones) is 1. The maximum atomic E-state index is 14.5. The lowest BCUT2D eigenvalue weighted by Crippen LogP contribution is -2.60. The van der Waals surface area contributed by atoms with E-state index in [9.17, 15) is 19.5 Å². The molecule has 0 spiro atoms. The van der Waals surface area contributed by atoms with Crippen LogP contribution in [-0.2, 0) is 46.2 Å². The van der Waals surface area contributed by atoms with Gasteiger partial charge in [0.15, 0.2) is 17.7 Å². The van der Waals surface area contributed by atoms with Crippen LogP contribution in [-0.4, -0.2) is 158 Å². The number of esters is 1. The first-order chi connectivity index (χ1) is 31.9. The molecule has 67 heavy (non-hydrogen) atoms. The fourth-order valence-electron chi connectivity index (χ4n) is 10.7. The number of rotatable bonds is 14. The highest BCUT2D eigenvalue weighted by molar-refractivity contribution is 7.18. The zero-order valence-corrected chi connectivity index (χ0v) is 41.3. The Balaban J connectivity index is 1.01. The molecule has 4 aliphatic rings. The molecule has 7 rings (SSSR count). The second-order valence-electron chi connectivity index (χ2n) is 19.2. The van der Waals surface area contributed by atoms with Crippen molar-refractivity contribution in [3.63, 3.8) is 0 Å². The average Bonchev–Trinajstić information content (AvgIpc) is 3.99. The molecule has 3 aromatic rings.